The summed E-state index contributed by atoms with van der Waals surface area (Å²) in [5.74, 6) is 0. The molecule has 0 saturated carbocycles. The smallest absolute Gasteiger partial charge is 0.423 e. The summed E-state index contributed by atoms with van der Waals surface area (Å²) in [6.45, 7) is 0.594. The second-order valence-corrected chi connectivity index (χ2v) is 11.1. The van der Waals surface area contributed by atoms with Gasteiger partial charge in [-0.2, -0.15) is 0 Å². The number of sulfonamides is 1. The molecule has 2 aliphatic rings. The number of hydrogen-bond acceptors (Lipinski definition) is 7. The second kappa shape index (κ2) is 10.5. The summed E-state index contributed by atoms with van der Waals surface area (Å²) >= 11 is 0. The number of nitrogens with one attached hydrogen (secondary N) is 3. The van der Waals surface area contributed by atoms with E-state index in [1.807, 2.05) is 6.07 Å². The maximum absolute atomic E-state index is 13.2. The van der Waals surface area contributed by atoms with Gasteiger partial charge in [0.15, 0.2) is 0 Å². The molecule has 0 fully saturated rings. The minimum atomic E-state index is -3.93. The first-order valence-electron chi connectivity index (χ1n) is 12.4. The second-order valence-electron chi connectivity index (χ2n) is 9.45. The average molecular weight is 555 g/mol. The van der Waals surface area contributed by atoms with E-state index in [4.69, 9.17) is 9.31 Å². The Hall–Kier alpha value is -4.13. The minimum Gasteiger partial charge on any atom is -0.423 e. The van der Waals surface area contributed by atoms with Crippen molar-refractivity contribution in [3.63, 3.8) is 0 Å². The zero-order valence-corrected chi connectivity index (χ0v) is 21.8. The van der Waals surface area contributed by atoms with Crippen molar-refractivity contribution in [3.05, 3.63) is 96.1 Å². The van der Waals surface area contributed by atoms with Gasteiger partial charge in [0.25, 0.3) is 10.0 Å². The van der Waals surface area contributed by atoms with Crippen LogP contribution in [0.4, 0.5) is 21.9 Å². The summed E-state index contributed by atoms with van der Waals surface area (Å²) in [5, 5.41) is 25.3. The molecule has 0 aliphatic carbocycles. The van der Waals surface area contributed by atoms with Crippen molar-refractivity contribution in [2.45, 2.75) is 18.1 Å². The van der Waals surface area contributed by atoms with E-state index in [0.29, 0.717) is 45.7 Å². The summed E-state index contributed by atoms with van der Waals surface area (Å²) in [7, 11) is -6.02. The van der Waals surface area contributed by atoms with Crippen LogP contribution in [-0.4, -0.2) is 38.7 Å². The highest BCUT2D eigenvalue weighted by atomic mass is 32.2. The largest absolute Gasteiger partial charge is 0.491 e. The quantitative estimate of drug-likeness (QED) is 0.230. The van der Waals surface area contributed by atoms with Crippen LogP contribution in [-0.2, 0) is 32.5 Å². The van der Waals surface area contributed by atoms with Gasteiger partial charge in [0.1, 0.15) is 0 Å². The number of rotatable bonds is 6. The van der Waals surface area contributed by atoms with Gasteiger partial charge in [0, 0.05) is 17.1 Å². The number of urea groups is 1. The van der Waals surface area contributed by atoms with E-state index in [0.717, 1.165) is 11.1 Å². The molecule has 13 heteroatoms. The van der Waals surface area contributed by atoms with Crippen LogP contribution in [0, 0.1) is 0 Å². The molecule has 4 aromatic carbocycles. The van der Waals surface area contributed by atoms with Crippen LogP contribution in [0.3, 0.4) is 0 Å². The Morgan fingerprint density at radius 1 is 0.700 bits per heavy atom. The van der Waals surface area contributed by atoms with Crippen molar-refractivity contribution in [3.8, 4) is 11.1 Å². The predicted octanol–water partition coefficient (Wildman–Crippen LogP) is 2.23. The molecule has 0 radical (unpaired) electrons. The molecule has 10 nitrogen and oxygen atoms in total. The summed E-state index contributed by atoms with van der Waals surface area (Å²) in [6, 6.07) is 23.1. The molecule has 4 aromatic rings. The molecule has 0 atom stereocenters. The summed E-state index contributed by atoms with van der Waals surface area (Å²) in [5.41, 5.74) is 5.49. The van der Waals surface area contributed by atoms with Crippen molar-refractivity contribution in [2.24, 2.45) is 0 Å². The monoisotopic (exact) mass is 555 g/mol. The Morgan fingerprint density at radius 2 is 1.25 bits per heavy atom. The third-order valence-electron chi connectivity index (χ3n) is 6.73. The maximum atomic E-state index is 13.2. The van der Waals surface area contributed by atoms with Crippen molar-refractivity contribution in [2.75, 3.05) is 15.4 Å². The molecule has 40 heavy (non-hydrogen) atoms. The third-order valence-corrected chi connectivity index (χ3v) is 8.10. The molecule has 6 rings (SSSR count). The number of amides is 2. The Kier molecular flexibility index (Phi) is 6.82. The lowest BCUT2D eigenvalue weighted by atomic mass is 9.79. The number of hydrogen-bond donors (Lipinski definition) is 5. The first kappa shape index (κ1) is 26.1. The van der Waals surface area contributed by atoms with Gasteiger partial charge < -0.3 is 30.0 Å². The van der Waals surface area contributed by atoms with Crippen LogP contribution in [0.25, 0.3) is 11.1 Å². The van der Waals surface area contributed by atoms with Gasteiger partial charge >= 0.3 is 20.3 Å². The lowest BCUT2D eigenvalue weighted by Crippen LogP contribution is -2.29. The van der Waals surface area contributed by atoms with Gasteiger partial charge in [-0.3, -0.25) is 4.72 Å². The zero-order valence-electron chi connectivity index (χ0n) is 21.0. The van der Waals surface area contributed by atoms with Crippen LogP contribution in [0.5, 0.6) is 0 Å². The predicted molar refractivity (Wildman–Crippen MR) is 153 cm³/mol. The summed E-state index contributed by atoms with van der Waals surface area (Å²) in [6.07, 6.45) is 0. The summed E-state index contributed by atoms with van der Waals surface area (Å²) in [4.78, 5) is 12.7. The van der Waals surface area contributed by atoms with Gasteiger partial charge in [-0.15, -0.1) is 0 Å². The minimum absolute atomic E-state index is 0.0566. The molecule has 5 N–H and O–H groups in total. The molecule has 2 amide bonds. The van der Waals surface area contributed by atoms with E-state index in [2.05, 4.69) is 15.4 Å². The molecule has 2 heterocycles. The van der Waals surface area contributed by atoms with Crippen molar-refractivity contribution in [1.29, 1.82) is 0 Å². The molecule has 0 unspecified atom stereocenters. The maximum Gasteiger partial charge on any atom is 0.491 e. The standard InChI is InChI=1S/C27H23B2N3O7S/c33-27(31-22-9-7-19-15-38-28(34)25(19)13-22)30-21-5-1-3-17(11-21)18-4-2-6-24(12-18)40(36,37)32-23-10-8-20-16-39-29(35)26(20)14-23/h1-14,32,34-35H,15-16H2,(H2,30,31,33). The fourth-order valence-corrected chi connectivity index (χ4v) is 5.79. The average Bonchev–Trinajstić information content (AvgIpc) is 3.50. The molecular weight excluding hydrogens is 532 g/mol. The van der Waals surface area contributed by atoms with Gasteiger partial charge in [-0.05, 0) is 81.7 Å². The highest BCUT2D eigenvalue weighted by Gasteiger charge is 2.28. The zero-order chi connectivity index (χ0) is 27.9. The molecule has 200 valence electrons. The third kappa shape index (κ3) is 5.33. The van der Waals surface area contributed by atoms with Crippen LogP contribution >= 0.6 is 0 Å². The molecule has 0 aromatic heterocycles. The van der Waals surface area contributed by atoms with Gasteiger partial charge in [0.2, 0.25) is 0 Å². The van der Waals surface area contributed by atoms with Crippen molar-refractivity contribution >= 4 is 58.3 Å². The summed E-state index contributed by atoms with van der Waals surface area (Å²) < 4.78 is 39.2. The number of benzene rings is 4. The normalized spacial score (nSPS) is 14.1. The van der Waals surface area contributed by atoms with Gasteiger partial charge in [-0.25, -0.2) is 13.2 Å². The molecule has 0 bridgehead atoms. The lowest BCUT2D eigenvalue weighted by Gasteiger charge is -2.12. The first-order valence-corrected chi connectivity index (χ1v) is 13.9. The highest BCUT2D eigenvalue weighted by molar-refractivity contribution is 7.92. The number of fused-ring (bicyclic) bond motifs is 2. The van der Waals surface area contributed by atoms with Crippen molar-refractivity contribution < 1.29 is 32.6 Å². The Balaban J connectivity index is 1.17. The van der Waals surface area contributed by atoms with E-state index in [1.165, 1.54) is 6.07 Å². The number of carbonyl (C=O) groups excluding carboxylic acids is 1. The molecule has 2 aliphatic heterocycles. The van der Waals surface area contributed by atoms with Crippen LogP contribution in [0.2, 0.25) is 0 Å². The van der Waals surface area contributed by atoms with E-state index in [9.17, 15) is 23.3 Å². The fourth-order valence-electron chi connectivity index (χ4n) is 4.70. The van der Waals surface area contributed by atoms with Gasteiger partial charge in [0.05, 0.1) is 18.1 Å². The van der Waals surface area contributed by atoms with E-state index in [-0.39, 0.29) is 11.5 Å². The Labute approximate surface area is 231 Å². The van der Waals surface area contributed by atoms with Crippen LogP contribution < -0.4 is 26.3 Å². The van der Waals surface area contributed by atoms with Crippen molar-refractivity contribution in [1.82, 2.24) is 0 Å². The van der Waals surface area contributed by atoms with Crippen LogP contribution in [0.1, 0.15) is 11.1 Å². The SMILES string of the molecule is O=C(Nc1cccc(-c2cccc(S(=O)(=O)Nc3ccc4c(c3)B(O)OC4)c2)c1)Nc1ccc2c(c1)B(O)OC2. The van der Waals surface area contributed by atoms with E-state index >= 15 is 0 Å². The number of carbonyl (C=O) groups is 1. The topological polar surface area (TPSA) is 146 Å². The van der Waals surface area contributed by atoms with E-state index < -0.39 is 30.3 Å². The molecular formula is C27H23B2N3O7S. The molecule has 0 saturated heterocycles. The number of anilines is 3. The van der Waals surface area contributed by atoms with Gasteiger partial charge in [-0.1, -0.05) is 36.4 Å². The van der Waals surface area contributed by atoms with Crippen LogP contribution in [0.15, 0.2) is 89.8 Å². The van der Waals surface area contributed by atoms with E-state index in [1.54, 1.807) is 72.8 Å². The first-order chi connectivity index (χ1) is 19.2. The highest BCUT2D eigenvalue weighted by Crippen LogP contribution is 2.27. The Morgan fingerprint density at radius 3 is 1.93 bits per heavy atom. The lowest BCUT2D eigenvalue weighted by molar-refractivity contribution is 0.262. The Bertz CT molecular complexity index is 1740. The fraction of sp³-hybridized carbons (Fsp3) is 0.0741. The molecule has 0 spiro atoms.